The van der Waals surface area contributed by atoms with Crippen LogP contribution in [0.4, 0.5) is 47.7 Å². The van der Waals surface area contributed by atoms with Crippen molar-refractivity contribution < 1.29 is 46.5 Å². The Bertz CT molecular complexity index is 5440. The first-order valence-electron chi connectivity index (χ1n) is 39.1. The molecule has 25 nitrogen and oxygen atoms in total. The van der Waals surface area contributed by atoms with Gasteiger partial charge in [-0.2, -0.15) is 0 Å². The van der Waals surface area contributed by atoms with Crippen LogP contribution in [0, 0.1) is 17.5 Å². The number of benzene rings is 3. The molecule has 6 aliphatic rings. The molecule has 3 aromatic carbocycles. The highest BCUT2D eigenvalue weighted by molar-refractivity contribution is 6.08. The Balaban J connectivity index is 0.000000130. The van der Waals surface area contributed by atoms with Gasteiger partial charge in [-0.15, -0.1) is 0 Å². The van der Waals surface area contributed by atoms with E-state index in [0.717, 1.165) is 139 Å². The van der Waals surface area contributed by atoms with Crippen molar-refractivity contribution in [1.82, 2.24) is 73.8 Å². The zero-order valence-electron chi connectivity index (χ0n) is 65.6. The fourth-order valence-corrected chi connectivity index (χ4v) is 16.0. The molecular weight excluding hydrogens is 1470 g/mol. The average molecular weight is 1560 g/mol. The van der Waals surface area contributed by atoms with Crippen molar-refractivity contribution in [3.8, 4) is 33.8 Å². The van der Waals surface area contributed by atoms with Crippen LogP contribution in [0.25, 0.3) is 50.7 Å². The molecule has 0 unspecified atom stereocenters. The molecule has 0 bridgehead atoms. The highest BCUT2D eigenvalue weighted by Gasteiger charge is 2.33. The smallest absolute Gasteiger partial charge is 0.254 e. The van der Waals surface area contributed by atoms with Gasteiger partial charge in [0.25, 0.3) is 17.7 Å². The minimum Gasteiger partial charge on any atom is -0.383 e. The predicted molar refractivity (Wildman–Crippen MR) is 434 cm³/mol. The molecule has 115 heavy (non-hydrogen) atoms. The quantitative estimate of drug-likeness (QED) is 0.0348. The van der Waals surface area contributed by atoms with Crippen LogP contribution in [-0.2, 0) is 58.2 Å². The molecule has 0 radical (unpaired) electrons. The molecule has 0 spiro atoms. The number of carbonyl (C=O) groups is 3. The summed E-state index contributed by atoms with van der Waals surface area (Å²) in [7, 11) is 7.96. The van der Waals surface area contributed by atoms with Gasteiger partial charge >= 0.3 is 0 Å². The second kappa shape index (κ2) is 33.5. The zero-order chi connectivity index (χ0) is 79.7. The Hall–Kier alpha value is -11.5. The van der Waals surface area contributed by atoms with Gasteiger partial charge in [0.2, 0.25) is 0 Å². The van der Waals surface area contributed by atoms with Gasteiger partial charge in [0, 0.05) is 156 Å². The number of hydrogen-bond acceptors (Lipinski definition) is 19. The Labute approximate surface area is 664 Å². The number of hydrogen-bond donors (Lipinski definition) is 6. The van der Waals surface area contributed by atoms with E-state index < -0.39 is 0 Å². The van der Waals surface area contributed by atoms with E-state index in [1.807, 2.05) is 67.8 Å². The summed E-state index contributed by atoms with van der Waals surface area (Å²) < 4.78 is 68.8. The predicted octanol–water partition coefficient (Wildman–Crippen LogP) is 13.8. The number of nitrogens with zero attached hydrogens (tertiary/aromatic N) is 12. The van der Waals surface area contributed by atoms with Crippen LogP contribution in [0.2, 0.25) is 0 Å². The molecule has 6 N–H and O–H groups in total. The van der Waals surface area contributed by atoms with Crippen molar-refractivity contribution in [2.24, 2.45) is 0 Å². The Morgan fingerprint density at radius 1 is 0.470 bits per heavy atom. The maximum absolute atomic E-state index is 13.7. The van der Waals surface area contributed by atoms with Crippen molar-refractivity contribution in [2.75, 3.05) is 97.0 Å². The Kier molecular flexibility index (Phi) is 22.6. The third kappa shape index (κ3) is 16.2. The normalized spacial score (nSPS) is 16.9. The number of methoxy groups -OCH3 is 1. The topological polar surface area (TPSA) is 261 Å². The lowest BCUT2D eigenvalue weighted by molar-refractivity contribution is 0.0958. The lowest BCUT2D eigenvalue weighted by Crippen LogP contribution is -2.27. The van der Waals surface area contributed by atoms with E-state index in [9.17, 15) is 27.6 Å². The maximum Gasteiger partial charge on any atom is 0.254 e. The number of rotatable bonds is 23. The molecule has 18 rings (SSSR count). The Morgan fingerprint density at radius 3 is 1.10 bits per heavy atom. The number of nitrogens with one attached hydrogen (secondary N) is 6. The van der Waals surface area contributed by atoms with Crippen LogP contribution in [-0.4, -0.2) is 169 Å². The minimum absolute atomic E-state index is 0.135. The second-order valence-electron chi connectivity index (χ2n) is 30.7. The summed E-state index contributed by atoms with van der Waals surface area (Å²) in [6, 6.07) is 33.1. The fraction of sp³-hybridized carbons (Fsp3) is 0.345. The molecule has 12 aromatic rings. The third-order valence-electron chi connectivity index (χ3n) is 22.7. The molecular formula is C87H93F3N18O7. The molecule has 3 amide bonds. The summed E-state index contributed by atoms with van der Waals surface area (Å²) in [5.41, 5.74) is 19.8. The largest absolute Gasteiger partial charge is 0.383 e. The number of aromatic nitrogens is 9. The first-order valence-corrected chi connectivity index (χ1v) is 39.1. The summed E-state index contributed by atoms with van der Waals surface area (Å²) in [4.78, 5) is 73.7. The second-order valence-corrected chi connectivity index (χ2v) is 30.7. The van der Waals surface area contributed by atoms with Crippen molar-refractivity contribution in [3.63, 3.8) is 0 Å². The van der Waals surface area contributed by atoms with Crippen molar-refractivity contribution in [2.45, 2.75) is 116 Å². The molecule has 0 aliphatic carbocycles. The first kappa shape index (κ1) is 77.4. The van der Waals surface area contributed by atoms with Gasteiger partial charge in [0.15, 0.2) is 0 Å². The number of amides is 3. The van der Waals surface area contributed by atoms with Crippen LogP contribution < -0.4 is 31.9 Å². The lowest BCUT2D eigenvalue weighted by Gasteiger charge is -2.24. The van der Waals surface area contributed by atoms with Crippen LogP contribution in [0.1, 0.15) is 146 Å². The van der Waals surface area contributed by atoms with E-state index in [4.69, 9.17) is 33.9 Å². The van der Waals surface area contributed by atoms with Crippen LogP contribution >= 0.6 is 0 Å². The summed E-state index contributed by atoms with van der Waals surface area (Å²) in [5.74, 6) is 1.65. The molecule has 9 aromatic heterocycles. The average Bonchev–Trinajstić information content (AvgIpc) is 1.63. The molecule has 28 heteroatoms. The number of anilines is 6. The lowest BCUT2D eigenvalue weighted by atomic mass is 9.96. The number of likely N-dealkylation sites (N-methyl/N-ethyl adjacent to an activating group) is 1. The summed E-state index contributed by atoms with van der Waals surface area (Å²) in [5, 5.41) is 19.1. The summed E-state index contributed by atoms with van der Waals surface area (Å²) >= 11 is 0. The molecule has 594 valence electrons. The number of imidazole rings is 3. The van der Waals surface area contributed by atoms with E-state index in [1.54, 1.807) is 44.3 Å². The molecule has 15 heterocycles. The highest BCUT2D eigenvalue weighted by atomic mass is 19.1. The summed E-state index contributed by atoms with van der Waals surface area (Å²) in [6.07, 6.45) is 13.1. The van der Waals surface area contributed by atoms with Crippen molar-refractivity contribution >= 4 is 69.2 Å². The number of ether oxygens (including phenoxy) is 4. The van der Waals surface area contributed by atoms with E-state index >= 15 is 0 Å². The Morgan fingerprint density at radius 2 is 0.800 bits per heavy atom. The van der Waals surface area contributed by atoms with Gasteiger partial charge in [-0.05, 0) is 156 Å². The zero-order valence-corrected chi connectivity index (χ0v) is 65.6. The van der Waals surface area contributed by atoms with Crippen LogP contribution in [0.3, 0.4) is 0 Å². The molecule has 6 aliphatic heterocycles. The monoisotopic (exact) mass is 1560 g/mol. The van der Waals surface area contributed by atoms with Crippen LogP contribution in [0.15, 0.2) is 146 Å². The molecule has 3 fully saturated rings. The van der Waals surface area contributed by atoms with Crippen molar-refractivity contribution in [1.29, 1.82) is 0 Å². The third-order valence-corrected chi connectivity index (χ3v) is 22.7. The van der Waals surface area contributed by atoms with E-state index in [1.165, 1.54) is 53.1 Å². The number of halogens is 3. The molecule has 3 atom stereocenters. The minimum atomic E-state index is -0.343. The van der Waals surface area contributed by atoms with E-state index in [2.05, 4.69) is 129 Å². The van der Waals surface area contributed by atoms with Crippen LogP contribution in [0.5, 0.6) is 0 Å². The van der Waals surface area contributed by atoms with Gasteiger partial charge in [0.1, 0.15) is 51.8 Å². The van der Waals surface area contributed by atoms with Gasteiger partial charge in [0.05, 0.1) is 113 Å². The van der Waals surface area contributed by atoms with Crippen molar-refractivity contribution in [3.05, 3.63) is 231 Å². The number of pyridine rings is 6. The van der Waals surface area contributed by atoms with Gasteiger partial charge in [-0.3, -0.25) is 42.3 Å². The van der Waals surface area contributed by atoms with Gasteiger partial charge < -0.3 is 50.8 Å². The maximum atomic E-state index is 13.7. The van der Waals surface area contributed by atoms with Gasteiger partial charge in [-0.25, -0.2) is 43.1 Å². The number of fused-ring (bicyclic) bond motifs is 6. The molecule has 0 saturated carbocycles. The standard InChI is InChI=1S/C29H31FN6O3.2C29H31FN6O2/c1-35(10-12-38-2)16-24-20(18-8-11-39-17-18)4-6-26(34-24)33-23-5-3-21(22-14-32-29(37)28(22)23)25-15-31-27-13-19(30)7-9-36(25)27;2*1-17(2)35(3)15-24-20(18-9-11-38-16-18)5-7-26(34-24)33-23-6-4-21(22-13-32-29(37)28(22)23)25-14-31-27-12-19(30)8-10-36(25)27/h3-7,9,13,15,18H,8,10-12,14,16-17H2,1-2H3,(H,32,37)(H,33,34);2*4-8,10,12,14,17-18H,9,11,13,15-16H2,1-3H3,(H,32,37)(H,33,34)/t3*18-/m010/s1. The SMILES string of the molecule is CC(C)N(C)Cc1nc(Nc2ccc(-c3cnc4cc(F)ccn34)c3c2C(=O)NC3)ccc1[C@@H]1CCOC1.CC(C)N(C)Cc1nc(Nc2ccc(-c3cnc4cc(F)ccn34)c3c2C(=O)NC3)ccc1[C@H]1CCOC1.COCCN(C)Cc1nc(Nc2ccc(-c3cnc4cc(F)ccn34)c3c2C(=O)NC3)ccc1[C@H]1CCOC1. The highest BCUT2D eigenvalue weighted by Crippen LogP contribution is 2.41. The molecule has 3 saturated heterocycles. The van der Waals surface area contributed by atoms with Gasteiger partial charge in [-0.1, -0.05) is 36.4 Å². The first-order chi connectivity index (χ1) is 55.8. The summed E-state index contributed by atoms with van der Waals surface area (Å²) in [6.45, 7) is 17.9. The van der Waals surface area contributed by atoms with E-state index in [-0.39, 0.29) is 35.2 Å². The van der Waals surface area contributed by atoms with E-state index in [0.29, 0.717) is 137 Å². The fourth-order valence-electron chi connectivity index (χ4n) is 16.0. The number of carbonyl (C=O) groups excluding carboxylic acids is 3.